The Hall–Kier alpha value is -0.820. The van der Waals surface area contributed by atoms with Crippen molar-refractivity contribution in [2.75, 3.05) is 23.9 Å². The fourth-order valence-electron chi connectivity index (χ4n) is 4.02. The van der Waals surface area contributed by atoms with E-state index < -0.39 is 0 Å². The molecule has 0 aromatic heterocycles. The minimum atomic E-state index is 1.04. The molecule has 34 heavy (non-hydrogen) atoms. The molecule has 0 radical (unpaired) electrons. The molecule has 0 aliphatic carbocycles. The molecule has 3 aromatic rings. The topological polar surface area (TPSA) is 6.48 Å². The van der Waals surface area contributed by atoms with Gasteiger partial charge < -0.3 is 9.80 Å². The van der Waals surface area contributed by atoms with Gasteiger partial charge in [-0.25, -0.2) is 0 Å². The van der Waals surface area contributed by atoms with Gasteiger partial charge in [-0.1, -0.05) is 38.8 Å². The van der Waals surface area contributed by atoms with Crippen LogP contribution in [0.5, 0.6) is 0 Å². The first-order chi connectivity index (χ1) is 16.3. The van der Waals surface area contributed by atoms with Gasteiger partial charge >= 0.3 is 0 Å². The third kappa shape index (κ3) is 6.68. The molecule has 0 saturated heterocycles. The van der Waals surface area contributed by atoms with Gasteiger partial charge in [0.15, 0.2) is 0 Å². The Bertz CT molecular complexity index is 1040. The van der Waals surface area contributed by atoms with Crippen LogP contribution >= 0.6 is 63.7 Å². The van der Waals surface area contributed by atoms with E-state index in [4.69, 9.17) is 0 Å². The lowest BCUT2D eigenvalue weighted by Gasteiger charge is -2.27. The van der Waals surface area contributed by atoms with Crippen molar-refractivity contribution in [3.8, 4) is 0 Å². The summed E-state index contributed by atoms with van der Waals surface area (Å²) in [6.07, 6.45) is 7.08. The van der Waals surface area contributed by atoms with Gasteiger partial charge in [0.25, 0.3) is 0 Å². The maximum atomic E-state index is 3.84. The SMILES string of the molecule is CCCCc1ccc(N(C)c2cc(Br)c(N(C)c3ccc(CCCC)cc3Br)cc2Br)c(Br)c1. The van der Waals surface area contributed by atoms with Gasteiger partial charge in [-0.05, 0) is 137 Å². The molecule has 0 saturated carbocycles. The van der Waals surface area contributed by atoms with Gasteiger partial charge in [0, 0.05) is 32.0 Å². The number of halogens is 4. The Morgan fingerprint density at radius 1 is 0.529 bits per heavy atom. The van der Waals surface area contributed by atoms with Gasteiger partial charge in [-0.2, -0.15) is 0 Å². The van der Waals surface area contributed by atoms with Crippen LogP contribution in [0.2, 0.25) is 0 Å². The van der Waals surface area contributed by atoms with E-state index in [1.54, 1.807) is 0 Å². The normalized spacial score (nSPS) is 11.1. The molecule has 0 atom stereocenters. The first-order valence-electron chi connectivity index (χ1n) is 11.8. The highest BCUT2D eigenvalue weighted by atomic mass is 79.9. The summed E-state index contributed by atoms with van der Waals surface area (Å²) in [5, 5.41) is 0. The molecule has 0 unspecified atom stereocenters. The predicted molar refractivity (Wildman–Crippen MR) is 163 cm³/mol. The summed E-state index contributed by atoms with van der Waals surface area (Å²) in [6, 6.07) is 17.7. The highest BCUT2D eigenvalue weighted by Gasteiger charge is 2.18. The van der Waals surface area contributed by atoms with Gasteiger partial charge in [0.05, 0.1) is 22.7 Å². The van der Waals surface area contributed by atoms with E-state index in [9.17, 15) is 0 Å². The maximum Gasteiger partial charge on any atom is 0.0565 e. The highest BCUT2D eigenvalue weighted by Crippen LogP contribution is 2.43. The number of hydrogen-bond acceptors (Lipinski definition) is 2. The molecule has 0 aliphatic rings. The van der Waals surface area contributed by atoms with Crippen molar-refractivity contribution in [1.29, 1.82) is 0 Å². The van der Waals surface area contributed by atoms with Crippen molar-refractivity contribution < 1.29 is 0 Å². The number of rotatable bonds is 10. The Morgan fingerprint density at radius 2 is 0.882 bits per heavy atom. The zero-order valence-electron chi connectivity index (χ0n) is 20.3. The van der Waals surface area contributed by atoms with E-state index in [2.05, 4.69) is 150 Å². The molecule has 3 aromatic carbocycles. The first-order valence-corrected chi connectivity index (χ1v) is 15.0. The molecule has 0 N–H and O–H groups in total. The van der Waals surface area contributed by atoms with Crippen LogP contribution in [0.4, 0.5) is 22.7 Å². The van der Waals surface area contributed by atoms with E-state index in [1.165, 1.54) is 36.8 Å². The number of aryl methyl sites for hydroxylation is 2. The Kier molecular flexibility index (Phi) is 10.6. The van der Waals surface area contributed by atoms with Gasteiger partial charge in [-0.15, -0.1) is 0 Å². The van der Waals surface area contributed by atoms with Crippen LogP contribution in [0.3, 0.4) is 0 Å². The van der Waals surface area contributed by atoms with Crippen LogP contribution in [0, 0.1) is 0 Å². The monoisotopic (exact) mass is 712 g/mol. The third-order valence-corrected chi connectivity index (χ3v) is 8.66. The molecule has 0 heterocycles. The average molecular weight is 716 g/mol. The van der Waals surface area contributed by atoms with Crippen molar-refractivity contribution in [3.63, 3.8) is 0 Å². The smallest absolute Gasteiger partial charge is 0.0565 e. The quantitative estimate of drug-likeness (QED) is 0.206. The summed E-state index contributed by atoms with van der Waals surface area (Å²) in [7, 11) is 4.21. The molecule has 2 nitrogen and oxygen atoms in total. The largest absolute Gasteiger partial charge is 0.343 e. The summed E-state index contributed by atoms with van der Waals surface area (Å²) < 4.78 is 4.30. The lowest BCUT2D eigenvalue weighted by molar-refractivity contribution is 0.794. The lowest BCUT2D eigenvalue weighted by Crippen LogP contribution is -2.14. The van der Waals surface area contributed by atoms with E-state index in [0.29, 0.717) is 0 Å². The van der Waals surface area contributed by atoms with E-state index in [1.807, 2.05) is 0 Å². The van der Waals surface area contributed by atoms with E-state index in [-0.39, 0.29) is 0 Å². The molecule has 0 spiro atoms. The molecule has 3 rings (SSSR count). The number of hydrogen-bond donors (Lipinski definition) is 0. The first kappa shape index (κ1) is 27.8. The second kappa shape index (κ2) is 12.9. The Balaban J connectivity index is 1.87. The number of unbranched alkanes of at least 4 members (excludes halogenated alkanes) is 2. The minimum Gasteiger partial charge on any atom is -0.343 e. The summed E-state index contributed by atoms with van der Waals surface area (Å²) in [6.45, 7) is 4.46. The van der Waals surface area contributed by atoms with Gasteiger partial charge in [0.2, 0.25) is 0 Å². The standard InChI is InChI=1S/C28H32Br4N2/c1-5-7-9-19-11-13-25(21(29)15-19)33(3)27-17-24(32)28(18-23(27)31)34(4)26-14-12-20(10-8-6-2)16-22(26)30/h11-18H,5-10H2,1-4H3. The Labute approximate surface area is 238 Å². The Morgan fingerprint density at radius 3 is 1.21 bits per heavy atom. The van der Waals surface area contributed by atoms with Crippen molar-refractivity contribution >= 4 is 86.5 Å². The molecular weight excluding hydrogens is 684 g/mol. The van der Waals surface area contributed by atoms with Crippen LogP contribution in [-0.4, -0.2) is 14.1 Å². The zero-order chi connectivity index (χ0) is 24.8. The van der Waals surface area contributed by atoms with Crippen molar-refractivity contribution in [2.45, 2.75) is 52.4 Å². The van der Waals surface area contributed by atoms with Crippen molar-refractivity contribution in [1.82, 2.24) is 0 Å². The van der Waals surface area contributed by atoms with Crippen LogP contribution in [-0.2, 0) is 12.8 Å². The average Bonchev–Trinajstić information content (AvgIpc) is 2.82. The molecular formula is C28H32Br4N2. The van der Waals surface area contributed by atoms with Gasteiger partial charge in [-0.3, -0.25) is 0 Å². The second-order valence-corrected chi connectivity index (χ2v) is 12.1. The number of benzene rings is 3. The van der Waals surface area contributed by atoms with Crippen molar-refractivity contribution in [2.24, 2.45) is 0 Å². The van der Waals surface area contributed by atoms with Crippen LogP contribution < -0.4 is 9.80 Å². The molecule has 0 amide bonds. The predicted octanol–water partition coefficient (Wildman–Crippen LogP) is 11.0. The van der Waals surface area contributed by atoms with Crippen molar-refractivity contribution in [3.05, 3.63) is 77.5 Å². The number of anilines is 4. The summed E-state index contributed by atoms with van der Waals surface area (Å²) >= 11 is 15.3. The van der Waals surface area contributed by atoms with Crippen LogP contribution in [0.25, 0.3) is 0 Å². The maximum absolute atomic E-state index is 3.84. The second-order valence-electron chi connectivity index (χ2n) is 8.65. The van der Waals surface area contributed by atoms with E-state index >= 15 is 0 Å². The minimum absolute atomic E-state index is 1.04. The van der Waals surface area contributed by atoms with Crippen LogP contribution in [0.1, 0.15) is 50.7 Å². The van der Waals surface area contributed by atoms with Crippen LogP contribution in [0.15, 0.2) is 66.4 Å². The zero-order valence-corrected chi connectivity index (χ0v) is 26.6. The summed E-state index contributed by atoms with van der Waals surface area (Å²) in [5.41, 5.74) is 7.21. The molecule has 0 bridgehead atoms. The lowest BCUT2D eigenvalue weighted by atomic mass is 10.1. The summed E-state index contributed by atoms with van der Waals surface area (Å²) in [5.74, 6) is 0. The number of nitrogens with zero attached hydrogens (tertiary/aromatic N) is 2. The third-order valence-electron chi connectivity index (χ3n) is 6.12. The van der Waals surface area contributed by atoms with Gasteiger partial charge in [0.1, 0.15) is 0 Å². The molecule has 0 aliphatic heterocycles. The molecule has 6 heteroatoms. The molecule has 0 fully saturated rings. The highest BCUT2D eigenvalue weighted by molar-refractivity contribution is 9.11. The summed E-state index contributed by atoms with van der Waals surface area (Å²) in [4.78, 5) is 4.43. The van der Waals surface area contributed by atoms with E-state index in [0.717, 1.165) is 53.5 Å². The fraction of sp³-hybridized carbons (Fsp3) is 0.357. The fourth-order valence-corrected chi connectivity index (χ4v) is 6.60. The molecule has 182 valence electrons.